The minimum atomic E-state index is -0.168. The van der Waals surface area contributed by atoms with Crippen molar-refractivity contribution in [3.8, 4) is 0 Å². The van der Waals surface area contributed by atoms with Crippen molar-refractivity contribution in [1.82, 2.24) is 0 Å². The van der Waals surface area contributed by atoms with E-state index in [1.165, 1.54) is 96.3 Å². The Balaban J connectivity index is 3.27. The van der Waals surface area contributed by atoms with Gasteiger partial charge in [0.05, 0.1) is 19.3 Å². The zero-order valence-electron chi connectivity index (χ0n) is 19.6. The summed E-state index contributed by atoms with van der Waals surface area (Å²) in [5.41, 5.74) is 0. The Labute approximate surface area is 177 Å². The monoisotopic (exact) mass is 400 g/mol. The molecule has 3 nitrogen and oxygen atoms in total. The lowest BCUT2D eigenvalue weighted by molar-refractivity contribution is -0.0753. The predicted octanol–water partition coefficient (Wildman–Crippen LogP) is 7.44. The number of aliphatic hydroxyl groups is 1. The van der Waals surface area contributed by atoms with Gasteiger partial charge in [0.2, 0.25) is 0 Å². The van der Waals surface area contributed by atoms with E-state index < -0.39 is 0 Å². The van der Waals surface area contributed by atoms with Crippen molar-refractivity contribution in [2.75, 3.05) is 19.8 Å². The zero-order chi connectivity index (χ0) is 20.7. The molecule has 0 heterocycles. The first-order chi connectivity index (χ1) is 13.7. The summed E-state index contributed by atoms with van der Waals surface area (Å²) in [7, 11) is 0. The lowest BCUT2D eigenvalue weighted by Crippen LogP contribution is -2.28. The number of aliphatic hydroxyl groups excluding tert-OH is 1. The van der Waals surface area contributed by atoms with Crippen LogP contribution in [0.2, 0.25) is 0 Å². The van der Waals surface area contributed by atoms with Gasteiger partial charge in [-0.05, 0) is 19.8 Å². The normalized spacial score (nSPS) is 13.7. The summed E-state index contributed by atoms with van der Waals surface area (Å²) in [6.45, 7) is 7.93. The maximum absolute atomic E-state index is 9.42. The number of hydrogen-bond donors (Lipinski definition) is 1. The third-order valence-corrected chi connectivity index (χ3v) is 5.54. The molecule has 0 amide bonds. The first-order valence-corrected chi connectivity index (χ1v) is 12.6. The smallest absolute Gasteiger partial charge is 0.104 e. The Kier molecular flexibility index (Phi) is 23.1. The van der Waals surface area contributed by atoms with E-state index in [9.17, 15) is 5.11 Å². The second kappa shape index (κ2) is 23.2. The summed E-state index contributed by atoms with van der Waals surface area (Å²) in [5.74, 6) is 0. The highest BCUT2D eigenvalue weighted by atomic mass is 16.5. The van der Waals surface area contributed by atoms with Gasteiger partial charge in [0, 0.05) is 6.61 Å². The molecule has 2 unspecified atom stereocenters. The Bertz CT molecular complexity index is 283. The highest BCUT2D eigenvalue weighted by molar-refractivity contribution is 4.59. The standard InChI is InChI=1S/C25H52O3/c1-4-6-8-9-10-11-12-13-14-15-16-17-18-19-21-27-23-25(22-26)28-24(3)20-7-5-2/h24-26H,4-23H2,1-3H3. The first kappa shape index (κ1) is 27.9. The second-order valence-electron chi connectivity index (χ2n) is 8.56. The molecule has 0 aromatic carbocycles. The SMILES string of the molecule is CCCCCCCCCCCCCCCCOCC(CO)OC(C)CCCC. The van der Waals surface area contributed by atoms with Crippen LogP contribution in [0.5, 0.6) is 0 Å². The lowest BCUT2D eigenvalue weighted by atomic mass is 10.0. The molecule has 0 saturated carbocycles. The Morgan fingerprint density at radius 2 is 1.11 bits per heavy atom. The third-order valence-electron chi connectivity index (χ3n) is 5.54. The molecule has 0 radical (unpaired) electrons. The van der Waals surface area contributed by atoms with Crippen LogP contribution >= 0.6 is 0 Å². The summed E-state index contributed by atoms with van der Waals surface area (Å²) in [6, 6.07) is 0. The van der Waals surface area contributed by atoms with Crippen LogP contribution < -0.4 is 0 Å². The van der Waals surface area contributed by atoms with Crippen LogP contribution in [0, 0.1) is 0 Å². The Morgan fingerprint density at radius 3 is 1.57 bits per heavy atom. The molecule has 1 N–H and O–H groups in total. The molecular formula is C25H52O3. The summed E-state index contributed by atoms with van der Waals surface area (Å²) in [5, 5.41) is 9.42. The molecule has 0 aliphatic heterocycles. The molecule has 0 fully saturated rings. The van der Waals surface area contributed by atoms with Gasteiger partial charge in [0.15, 0.2) is 0 Å². The van der Waals surface area contributed by atoms with Gasteiger partial charge in [-0.15, -0.1) is 0 Å². The molecule has 2 atom stereocenters. The molecule has 0 spiro atoms. The van der Waals surface area contributed by atoms with Crippen molar-refractivity contribution in [2.24, 2.45) is 0 Å². The summed E-state index contributed by atoms with van der Waals surface area (Å²) < 4.78 is 11.6. The average molecular weight is 401 g/mol. The second-order valence-corrected chi connectivity index (χ2v) is 8.56. The maximum atomic E-state index is 9.42. The first-order valence-electron chi connectivity index (χ1n) is 12.6. The van der Waals surface area contributed by atoms with Crippen LogP contribution in [-0.4, -0.2) is 37.1 Å². The quantitative estimate of drug-likeness (QED) is 0.181. The molecule has 3 heteroatoms. The Morgan fingerprint density at radius 1 is 0.643 bits per heavy atom. The van der Waals surface area contributed by atoms with E-state index in [1.54, 1.807) is 0 Å². The van der Waals surface area contributed by atoms with Crippen LogP contribution in [0.15, 0.2) is 0 Å². The van der Waals surface area contributed by atoms with E-state index in [4.69, 9.17) is 9.47 Å². The highest BCUT2D eigenvalue weighted by Gasteiger charge is 2.12. The minimum absolute atomic E-state index is 0.0508. The van der Waals surface area contributed by atoms with E-state index in [0.717, 1.165) is 19.4 Å². The van der Waals surface area contributed by atoms with Crippen molar-refractivity contribution in [3.05, 3.63) is 0 Å². The fourth-order valence-corrected chi connectivity index (χ4v) is 3.64. The molecule has 0 bridgehead atoms. The van der Waals surface area contributed by atoms with Crippen molar-refractivity contribution in [3.63, 3.8) is 0 Å². The lowest BCUT2D eigenvalue weighted by Gasteiger charge is -2.20. The predicted molar refractivity (Wildman–Crippen MR) is 122 cm³/mol. The summed E-state index contributed by atoms with van der Waals surface area (Å²) in [6.07, 6.45) is 22.8. The Hall–Kier alpha value is -0.120. The number of ether oxygens (including phenoxy) is 2. The molecule has 28 heavy (non-hydrogen) atoms. The van der Waals surface area contributed by atoms with Crippen LogP contribution in [0.4, 0.5) is 0 Å². The summed E-state index contributed by atoms with van der Waals surface area (Å²) in [4.78, 5) is 0. The molecule has 0 aliphatic rings. The fraction of sp³-hybridized carbons (Fsp3) is 1.00. The van der Waals surface area contributed by atoms with Crippen LogP contribution in [0.25, 0.3) is 0 Å². The van der Waals surface area contributed by atoms with Crippen molar-refractivity contribution >= 4 is 0 Å². The number of rotatable bonds is 23. The maximum Gasteiger partial charge on any atom is 0.104 e. The van der Waals surface area contributed by atoms with E-state index in [1.807, 2.05) is 0 Å². The molecule has 0 rings (SSSR count). The molecule has 0 aromatic heterocycles. The van der Waals surface area contributed by atoms with Gasteiger partial charge < -0.3 is 14.6 Å². The minimum Gasteiger partial charge on any atom is -0.394 e. The number of unbranched alkanes of at least 4 members (excludes halogenated alkanes) is 14. The van der Waals surface area contributed by atoms with Gasteiger partial charge in [-0.25, -0.2) is 0 Å². The molecule has 170 valence electrons. The molecular weight excluding hydrogens is 348 g/mol. The number of hydrogen-bond acceptors (Lipinski definition) is 3. The van der Waals surface area contributed by atoms with Gasteiger partial charge in [0.1, 0.15) is 6.10 Å². The molecule has 0 aromatic rings. The molecule has 0 aliphatic carbocycles. The highest BCUT2D eigenvalue weighted by Crippen LogP contribution is 2.13. The average Bonchev–Trinajstić information content (AvgIpc) is 2.70. The van der Waals surface area contributed by atoms with Crippen molar-refractivity contribution in [2.45, 2.75) is 142 Å². The topological polar surface area (TPSA) is 38.7 Å². The van der Waals surface area contributed by atoms with Crippen LogP contribution in [0.3, 0.4) is 0 Å². The van der Waals surface area contributed by atoms with Gasteiger partial charge >= 0.3 is 0 Å². The van der Waals surface area contributed by atoms with Gasteiger partial charge in [-0.2, -0.15) is 0 Å². The van der Waals surface area contributed by atoms with Crippen LogP contribution in [-0.2, 0) is 9.47 Å². The molecule has 0 saturated heterocycles. The fourth-order valence-electron chi connectivity index (χ4n) is 3.64. The van der Waals surface area contributed by atoms with E-state index in [2.05, 4.69) is 20.8 Å². The van der Waals surface area contributed by atoms with Gasteiger partial charge in [-0.3, -0.25) is 0 Å². The van der Waals surface area contributed by atoms with Crippen molar-refractivity contribution in [1.29, 1.82) is 0 Å². The zero-order valence-corrected chi connectivity index (χ0v) is 19.6. The largest absolute Gasteiger partial charge is 0.394 e. The van der Waals surface area contributed by atoms with E-state index >= 15 is 0 Å². The summed E-state index contributed by atoms with van der Waals surface area (Å²) >= 11 is 0. The van der Waals surface area contributed by atoms with Crippen LogP contribution in [0.1, 0.15) is 130 Å². The van der Waals surface area contributed by atoms with E-state index in [-0.39, 0.29) is 18.8 Å². The third kappa shape index (κ3) is 20.6. The van der Waals surface area contributed by atoms with Gasteiger partial charge in [0.25, 0.3) is 0 Å². The van der Waals surface area contributed by atoms with Crippen molar-refractivity contribution < 1.29 is 14.6 Å². The van der Waals surface area contributed by atoms with Gasteiger partial charge in [-0.1, -0.05) is 110 Å². The van der Waals surface area contributed by atoms with E-state index in [0.29, 0.717) is 6.61 Å².